The van der Waals surface area contributed by atoms with Gasteiger partial charge in [0.05, 0.1) is 5.56 Å². The SMILES string of the molecule is Cc1ccc(CN2CCN(C(=O)c3ccccc3O)[C@H](C)C2=O)cc1. The predicted octanol–water partition coefficient (Wildman–Crippen LogP) is 2.57. The molecule has 130 valence electrons. The summed E-state index contributed by atoms with van der Waals surface area (Å²) in [6, 6.07) is 14.0. The number of benzene rings is 2. The highest BCUT2D eigenvalue weighted by Gasteiger charge is 2.35. The zero-order chi connectivity index (χ0) is 18.0. The van der Waals surface area contributed by atoms with Gasteiger partial charge in [-0.05, 0) is 31.5 Å². The van der Waals surface area contributed by atoms with E-state index in [9.17, 15) is 14.7 Å². The van der Waals surface area contributed by atoms with Gasteiger partial charge in [-0.2, -0.15) is 0 Å². The zero-order valence-electron chi connectivity index (χ0n) is 14.5. The van der Waals surface area contributed by atoms with E-state index in [-0.39, 0.29) is 23.1 Å². The molecule has 0 saturated carbocycles. The van der Waals surface area contributed by atoms with Crippen LogP contribution in [0.25, 0.3) is 0 Å². The highest BCUT2D eigenvalue weighted by molar-refractivity contribution is 6.00. The fourth-order valence-electron chi connectivity index (χ4n) is 3.09. The fourth-order valence-corrected chi connectivity index (χ4v) is 3.09. The molecular formula is C20H22N2O3. The lowest BCUT2D eigenvalue weighted by Gasteiger charge is -2.39. The summed E-state index contributed by atoms with van der Waals surface area (Å²) >= 11 is 0. The molecule has 0 radical (unpaired) electrons. The number of amides is 2. The number of piperazine rings is 1. The van der Waals surface area contributed by atoms with E-state index in [2.05, 4.69) is 0 Å². The molecule has 5 heteroatoms. The molecule has 2 amide bonds. The van der Waals surface area contributed by atoms with Gasteiger partial charge in [0.2, 0.25) is 5.91 Å². The van der Waals surface area contributed by atoms with E-state index in [4.69, 9.17) is 0 Å². The van der Waals surface area contributed by atoms with Gasteiger partial charge < -0.3 is 14.9 Å². The Morgan fingerprint density at radius 3 is 2.48 bits per heavy atom. The van der Waals surface area contributed by atoms with Crippen molar-refractivity contribution in [1.82, 2.24) is 9.80 Å². The number of nitrogens with zero attached hydrogens (tertiary/aromatic N) is 2. The van der Waals surface area contributed by atoms with Crippen molar-refractivity contribution in [2.24, 2.45) is 0 Å². The van der Waals surface area contributed by atoms with Crippen molar-refractivity contribution in [2.75, 3.05) is 13.1 Å². The molecule has 1 aliphatic rings. The quantitative estimate of drug-likeness (QED) is 0.936. The van der Waals surface area contributed by atoms with Gasteiger partial charge in [-0.15, -0.1) is 0 Å². The van der Waals surface area contributed by atoms with Crippen LogP contribution in [0.15, 0.2) is 48.5 Å². The first-order chi connectivity index (χ1) is 12.0. The van der Waals surface area contributed by atoms with Crippen LogP contribution in [0.2, 0.25) is 0 Å². The summed E-state index contributed by atoms with van der Waals surface area (Å²) in [7, 11) is 0. The van der Waals surface area contributed by atoms with E-state index in [0.717, 1.165) is 5.56 Å². The van der Waals surface area contributed by atoms with E-state index in [0.29, 0.717) is 19.6 Å². The lowest BCUT2D eigenvalue weighted by molar-refractivity contribution is -0.140. The van der Waals surface area contributed by atoms with Crippen LogP contribution in [-0.2, 0) is 11.3 Å². The number of aromatic hydroxyl groups is 1. The molecule has 1 fully saturated rings. The summed E-state index contributed by atoms with van der Waals surface area (Å²) in [4.78, 5) is 28.7. The van der Waals surface area contributed by atoms with E-state index in [1.165, 1.54) is 16.5 Å². The van der Waals surface area contributed by atoms with Crippen molar-refractivity contribution in [2.45, 2.75) is 26.4 Å². The van der Waals surface area contributed by atoms with E-state index in [1.807, 2.05) is 31.2 Å². The van der Waals surface area contributed by atoms with Gasteiger partial charge >= 0.3 is 0 Å². The maximum absolute atomic E-state index is 12.7. The van der Waals surface area contributed by atoms with Gasteiger partial charge in [0.25, 0.3) is 5.91 Å². The number of phenolic OH excluding ortho intramolecular Hbond substituents is 1. The molecule has 3 rings (SSSR count). The number of carbonyl (C=O) groups excluding carboxylic acids is 2. The molecule has 1 heterocycles. The molecule has 1 saturated heterocycles. The molecule has 0 aromatic heterocycles. The lowest BCUT2D eigenvalue weighted by Crippen LogP contribution is -2.57. The molecule has 2 aromatic carbocycles. The number of rotatable bonds is 3. The van der Waals surface area contributed by atoms with Crippen molar-refractivity contribution in [1.29, 1.82) is 0 Å². The van der Waals surface area contributed by atoms with Crippen LogP contribution in [0.3, 0.4) is 0 Å². The third kappa shape index (κ3) is 3.50. The summed E-state index contributed by atoms with van der Waals surface area (Å²) < 4.78 is 0. The highest BCUT2D eigenvalue weighted by Crippen LogP contribution is 2.22. The Morgan fingerprint density at radius 2 is 1.80 bits per heavy atom. The molecule has 1 N–H and O–H groups in total. The molecular weight excluding hydrogens is 316 g/mol. The molecule has 2 aromatic rings. The topological polar surface area (TPSA) is 60.9 Å². The van der Waals surface area contributed by atoms with Crippen molar-refractivity contribution < 1.29 is 14.7 Å². The van der Waals surface area contributed by atoms with Gasteiger partial charge in [0.15, 0.2) is 0 Å². The Bertz CT molecular complexity index is 786. The van der Waals surface area contributed by atoms with Crippen LogP contribution in [-0.4, -0.2) is 45.9 Å². The molecule has 1 atom stereocenters. The number of aryl methyl sites for hydroxylation is 1. The second-order valence-corrected chi connectivity index (χ2v) is 6.44. The Hall–Kier alpha value is -2.82. The van der Waals surface area contributed by atoms with Crippen molar-refractivity contribution >= 4 is 11.8 Å². The average Bonchev–Trinajstić information content (AvgIpc) is 2.61. The summed E-state index contributed by atoms with van der Waals surface area (Å²) in [6.07, 6.45) is 0. The second-order valence-electron chi connectivity index (χ2n) is 6.44. The van der Waals surface area contributed by atoms with Gasteiger partial charge in [0.1, 0.15) is 11.8 Å². The van der Waals surface area contributed by atoms with Crippen molar-refractivity contribution in [3.8, 4) is 5.75 Å². The number of para-hydroxylation sites is 1. The van der Waals surface area contributed by atoms with E-state index >= 15 is 0 Å². The zero-order valence-corrected chi connectivity index (χ0v) is 14.5. The monoisotopic (exact) mass is 338 g/mol. The Labute approximate surface area is 147 Å². The fraction of sp³-hybridized carbons (Fsp3) is 0.300. The van der Waals surface area contributed by atoms with Crippen molar-refractivity contribution in [3.63, 3.8) is 0 Å². The molecule has 0 unspecified atom stereocenters. The molecule has 25 heavy (non-hydrogen) atoms. The van der Waals surface area contributed by atoms with Crippen LogP contribution in [0, 0.1) is 6.92 Å². The molecule has 0 spiro atoms. The first-order valence-electron chi connectivity index (χ1n) is 8.40. The Morgan fingerprint density at radius 1 is 1.12 bits per heavy atom. The van der Waals surface area contributed by atoms with Crippen LogP contribution < -0.4 is 0 Å². The maximum Gasteiger partial charge on any atom is 0.258 e. The van der Waals surface area contributed by atoms with Crippen LogP contribution >= 0.6 is 0 Å². The van der Waals surface area contributed by atoms with Gasteiger partial charge in [-0.25, -0.2) is 0 Å². The molecule has 0 aliphatic carbocycles. The minimum absolute atomic E-state index is 0.0609. The van der Waals surface area contributed by atoms with E-state index < -0.39 is 6.04 Å². The number of carbonyl (C=O) groups is 2. The average molecular weight is 338 g/mol. The maximum atomic E-state index is 12.7. The van der Waals surface area contributed by atoms with E-state index in [1.54, 1.807) is 30.0 Å². The molecule has 0 bridgehead atoms. The lowest BCUT2D eigenvalue weighted by atomic mass is 10.1. The smallest absolute Gasteiger partial charge is 0.258 e. The summed E-state index contributed by atoms with van der Waals surface area (Å²) in [5.41, 5.74) is 2.49. The first-order valence-corrected chi connectivity index (χ1v) is 8.40. The molecule has 1 aliphatic heterocycles. The number of hydrogen-bond acceptors (Lipinski definition) is 3. The van der Waals surface area contributed by atoms with Crippen LogP contribution in [0.4, 0.5) is 0 Å². The summed E-state index contributed by atoms with van der Waals surface area (Å²) in [5.74, 6) is -0.446. The largest absolute Gasteiger partial charge is 0.507 e. The minimum atomic E-state index is -0.550. The highest BCUT2D eigenvalue weighted by atomic mass is 16.3. The third-order valence-corrected chi connectivity index (χ3v) is 4.64. The first kappa shape index (κ1) is 17.0. The molecule has 5 nitrogen and oxygen atoms in total. The van der Waals surface area contributed by atoms with Crippen LogP contribution in [0.5, 0.6) is 5.75 Å². The normalized spacial score (nSPS) is 17.7. The second kappa shape index (κ2) is 6.97. The predicted molar refractivity (Wildman–Crippen MR) is 95.2 cm³/mol. The third-order valence-electron chi connectivity index (χ3n) is 4.64. The van der Waals surface area contributed by atoms with Crippen LogP contribution in [0.1, 0.15) is 28.4 Å². The van der Waals surface area contributed by atoms with Gasteiger partial charge in [-0.1, -0.05) is 42.0 Å². The van der Waals surface area contributed by atoms with Gasteiger partial charge in [-0.3, -0.25) is 9.59 Å². The number of hydrogen-bond donors (Lipinski definition) is 1. The van der Waals surface area contributed by atoms with Crippen molar-refractivity contribution in [3.05, 3.63) is 65.2 Å². The Kier molecular flexibility index (Phi) is 4.74. The van der Waals surface area contributed by atoms with Gasteiger partial charge in [0, 0.05) is 19.6 Å². The Balaban J connectivity index is 1.72. The summed E-state index contributed by atoms with van der Waals surface area (Å²) in [5, 5.41) is 9.89. The minimum Gasteiger partial charge on any atom is -0.507 e. The standard InChI is InChI=1S/C20H22N2O3/c1-14-7-9-16(10-8-14)13-21-11-12-22(15(2)19(21)24)20(25)17-5-3-4-6-18(17)23/h3-10,15,23H,11-13H2,1-2H3/t15-/m1/s1. The summed E-state index contributed by atoms with van der Waals surface area (Å²) in [6.45, 7) is 5.24. The number of phenols is 1.